The normalized spacial score (nSPS) is 11.8. The van der Waals surface area contributed by atoms with Crippen molar-refractivity contribution in [2.75, 3.05) is 17.1 Å². The molecule has 2 aromatic rings. The quantitative estimate of drug-likeness (QED) is 0.431. The number of hydrogen-bond donors (Lipinski definition) is 1. The molecule has 1 amide bonds. The van der Waals surface area contributed by atoms with Crippen LogP contribution in [-0.2, 0) is 14.8 Å². The fourth-order valence-corrected chi connectivity index (χ4v) is 3.17. The maximum atomic E-state index is 12.2. The van der Waals surface area contributed by atoms with Crippen LogP contribution < -0.4 is 9.73 Å². The van der Waals surface area contributed by atoms with Crippen LogP contribution in [0.2, 0.25) is 0 Å². The van der Waals surface area contributed by atoms with Gasteiger partial charge in [0, 0.05) is 12.1 Å². The minimum absolute atomic E-state index is 0.0533. The van der Waals surface area contributed by atoms with Gasteiger partial charge in [-0.15, -0.1) is 0 Å². The Hall–Kier alpha value is -3.27. The monoisotopic (exact) mass is 404 g/mol. The third-order valence-corrected chi connectivity index (χ3v) is 4.99. The lowest BCUT2D eigenvalue weighted by Crippen LogP contribution is -2.39. The second-order valence-electron chi connectivity index (χ2n) is 6.14. The number of carbonyl (C=O) groups excluding carboxylic acids is 1. The molecular weight excluding hydrogens is 384 g/mol. The topological polar surface area (TPSA) is 122 Å². The highest BCUT2D eigenvalue weighted by molar-refractivity contribution is 7.92. The smallest absolute Gasteiger partial charge is 0.269 e. The highest BCUT2D eigenvalue weighted by Gasteiger charge is 2.20. The van der Waals surface area contributed by atoms with Crippen LogP contribution in [-0.4, -0.2) is 37.8 Å². The first-order chi connectivity index (χ1) is 13.1. The SMILES string of the molecule is C/C(=N/NC(=O)CN(c1ccc(C)cc1)S(C)(=O)=O)c1ccc([N+](=O)[O-])cc1. The van der Waals surface area contributed by atoms with Crippen molar-refractivity contribution in [3.05, 3.63) is 69.8 Å². The minimum Gasteiger partial charge on any atom is -0.271 e. The number of hydrazone groups is 1. The van der Waals surface area contributed by atoms with E-state index in [1.165, 1.54) is 24.3 Å². The molecule has 0 spiro atoms. The van der Waals surface area contributed by atoms with Gasteiger partial charge in [0.05, 0.1) is 22.6 Å². The molecule has 0 unspecified atom stereocenters. The van der Waals surface area contributed by atoms with Crippen LogP contribution >= 0.6 is 0 Å². The molecule has 0 radical (unpaired) electrons. The van der Waals surface area contributed by atoms with Crippen LogP contribution in [0.1, 0.15) is 18.1 Å². The molecule has 2 aromatic carbocycles. The Morgan fingerprint density at radius 2 is 1.71 bits per heavy atom. The molecular formula is C18H20N4O5S. The molecule has 2 rings (SSSR count). The fraction of sp³-hybridized carbons (Fsp3) is 0.222. The molecule has 28 heavy (non-hydrogen) atoms. The molecule has 0 saturated carbocycles. The van der Waals surface area contributed by atoms with Crippen LogP contribution in [0, 0.1) is 17.0 Å². The molecule has 148 valence electrons. The van der Waals surface area contributed by atoms with E-state index in [2.05, 4.69) is 10.5 Å². The van der Waals surface area contributed by atoms with Crippen LogP contribution in [0.3, 0.4) is 0 Å². The highest BCUT2D eigenvalue weighted by Crippen LogP contribution is 2.18. The minimum atomic E-state index is -3.67. The number of nitrogens with one attached hydrogen (secondary N) is 1. The number of anilines is 1. The maximum absolute atomic E-state index is 12.2. The summed E-state index contributed by atoms with van der Waals surface area (Å²) in [7, 11) is -3.67. The summed E-state index contributed by atoms with van der Waals surface area (Å²) in [6.45, 7) is 3.06. The number of nitrogens with zero attached hydrogens (tertiary/aromatic N) is 3. The number of aryl methyl sites for hydroxylation is 1. The summed E-state index contributed by atoms with van der Waals surface area (Å²) >= 11 is 0. The van der Waals surface area contributed by atoms with Crippen LogP contribution in [0.5, 0.6) is 0 Å². The Labute approximate surface area is 162 Å². The predicted octanol–water partition coefficient (Wildman–Crippen LogP) is 2.21. The lowest BCUT2D eigenvalue weighted by atomic mass is 10.1. The number of sulfonamides is 1. The number of rotatable bonds is 7. The maximum Gasteiger partial charge on any atom is 0.269 e. The van der Waals surface area contributed by atoms with Gasteiger partial charge in [-0.05, 0) is 43.7 Å². The van der Waals surface area contributed by atoms with Crippen molar-refractivity contribution in [2.24, 2.45) is 5.10 Å². The second kappa shape index (κ2) is 8.61. The summed E-state index contributed by atoms with van der Waals surface area (Å²) in [6, 6.07) is 12.4. The Balaban J connectivity index is 2.10. The molecule has 10 heteroatoms. The molecule has 0 aliphatic heterocycles. The van der Waals surface area contributed by atoms with Gasteiger partial charge >= 0.3 is 0 Å². The van der Waals surface area contributed by atoms with Crippen molar-refractivity contribution in [1.82, 2.24) is 5.43 Å². The van der Waals surface area contributed by atoms with Gasteiger partial charge < -0.3 is 0 Å². The molecule has 0 heterocycles. The second-order valence-corrected chi connectivity index (χ2v) is 8.05. The summed E-state index contributed by atoms with van der Waals surface area (Å²) in [5.41, 5.74) is 4.60. The molecule has 0 saturated heterocycles. The van der Waals surface area contributed by atoms with E-state index >= 15 is 0 Å². The number of carbonyl (C=O) groups is 1. The van der Waals surface area contributed by atoms with Gasteiger partial charge in [0.1, 0.15) is 6.54 Å². The van der Waals surface area contributed by atoms with Gasteiger partial charge in [0.2, 0.25) is 10.0 Å². The van der Waals surface area contributed by atoms with Crippen molar-refractivity contribution in [2.45, 2.75) is 13.8 Å². The predicted molar refractivity (Wildman–Crippen MR) is 107 cm³/mol. The van der Waals surface area contributed by atoms with Crippen molar-refractivity contribution in [3.8, 4) is 0 Å². The third-order valence-electron chi connectivity index (χ3n) is 3.85. The number of benzene rings is 2. The van der Waals surface area contributed by atoms with Crippen molar-refractivity contribution >= 4 is 33.0 Å². The molecule has 0 atom stereocenters. The Kier molecular flexibility index (Phi) is 6.47. The van der Waals surface area contributed by atoms with E-state index in [0.29, 0.717) is 17.0 Å². The number of hydrogen-bond acceptors (Lipinski definition) is 6. The lowest BCUT2D eigenvalue weighted by Gasteiger charge is -2.21. The van der Waals surface area contributed by atoms with Gasteiger partial charge in [-0.2, -0.15) is 5.10 Å². The Morgan fingerprint density at radius 1 is 1.14 bits per heavy atom. The van der Waals surface area contributed by atoms with E-state index in [4.69, 9.17) is 0 Å². The first-order valence-corrected chi connectivity index (χ1v) is 10.0. The average molecular weight is 404 g/mol. The summed E-state index contributed by atoms with van der Waals surface area (Å²) in [5.74, 6) is -0.618. The molecule has 0 aliphatic carbocycles. The first kappa shape index (κ1) is 21.0. The van der Waals surface area contributed by atoms with Gasteiger partial charge in [-0.3, -0.25) is 19.2 Å². The Bertz CT molecular complexity index is 999. The summed E-state index contributed by atoms with van der Waals surface area (Å²) < 4.78 is 25.1. The van der Waals surface area contributed by atoms with Crippen molar-refractivity contribution in [1.29, 1.82) is 0 Å². The molecule has 9 nitrogen and oxygen atoms in total. The van der Waals surface area contributed by atoms with E-state index in [0.717, 1.165) is 16.1 Å². The van der Waals surface area contributed by atoms with Gasteiger partial charge in [-0.1, -0.05) is 17.7 Å². The Morgan fingerprint density at radius 3 is 2.21 bits per heavy atom. The zero-order chi connectivity index (χ0) is 20.9. The molecule has 0 bridgehead atoms. The zero-order valence-corrected chi connectivity index (χ0v) is 16.4. The fourth-order valence-electron chi connectivity index (χ4n) is 2.31. The van der Waals surface area contributed by atoms with Crippen LogP contribution in [0.25, 0.3) is 0 Å². The third kappa shape index (κ3) is 5.61. The summed E-state index contributed by atoms with van der Waals surface area (Å²) in [6.07, 6.45) is 1.02. The largest absolute Gasteiger partial charge is 0.271 e. The first-order valence-electron chi connectivity index (χ1n) is 8.20. The highest BCUT2D eigenvalue weighted by atomic mass is 32.2. The molecule has 1 N–H and O–H groups in total. The average Bonchev–Trinajstić information content (AvgIpc) is 2.64. The van der Waals surface area contributed by atoms with E-state index < -0.39 is 27.4 Å². The lowest BCUT2D eigenvalue weighted by molar-refractivity contribution is -0.384. The summed E-state index contributed by atoms with van der Waals surface area (Å²) in [5, 5.41) is 14.6. The van der Waals surface area contributed by atoms with Crippen molar-refractivity contribution in [3.63, 3.8) is 0 Å². The van der Waals surface area contributed by atoms with E-state index in [-0.39, 0.29) is 5.69 Å². The number of nitro benzene ring substituents is 1. The van der Waals surface area contributed by atoms with Gasteiger partial charge in [0.15, 0.2) is 0 Å². The van der Waals surface area contributed by atoms with Crippen LogP contribution in [0.4, 0.5) is 11.4 Å². The zero-order valence-electron chi connectivity index (χ0n) is 15.6. The molecule has 0 aliphatic rings. The molecule has 0 aromatic heterocycles. The van der Waals surface area contributed by atoms with E-state index in [1.54, 1.807) is 31.2 Å². The molecule has 0 fully saturated rings. The number of nitro groups is 1. The van der Waals surface area contributed by atoms with Gasteiger partial charge in [0.25, 0.3) is 11.6 Å². The number of amides is 1. The van der Waals surface area contributed by atoms with Crippen LogP contribution in [0.15, 0.2) is 53.6 Å². The number of non-ortho nitro benzene ring substituents is 1. The van der Waals surface area contributed by atoms with Crippen molar-refractivity contribution < 1.29 is 18.1 Å². The van der Waals surface area contributed by atoms with E-state index in [1.807, 2.05) is 6.92 Å². The van der Waals surface area contributed by atoms with E-state index in [9.17, 15) is 23.3 Å². The standard InChI is InChI=1S/C18H20N4O5S/c1-13-4-8-16(9-5-13)21(28(3,26)27)12-18(23)20-19-14(2)15-6-10-17(11-7-15)22(24)25/h4-11H,12H2,1-3H3,(H,20,23)/b19-14-. The van der Waals surface area contributed by atoms with Gasteiger partial charge in [-0.25, -0.2) is 13.8 Å². The summed E-state index contributed by atoms with van der Waals surface area (Å²) in [4.78, 5) is 22.4.